The zero-order valence-corrected chi connectivity index (χ0v) is 10.0. The van der Waals surface area contributed by atoms with Crippen molar-refractivity contribution < 1.29 is 4.79 Å². The van der Waals surface area contributed by atoms with Gasteiger partial charge in [-0.1, -0.05) is 0 Å². The maximum Gasteiger partial charge on any atom is 0.270 e. The summed E-state index contributed by atoms with van der Waals surface area (Å²) in [4.78, 5) is 16.4. The number of hydrogen-bond acceptors (Lipinski definition) is 2. The van der Waals surface area contributed by atoms with Gasteiger partial charge in [-0.2, -0.15) is 5.26 Å². The number of nitriles is 1. The highest BCUT2D eigenvalue weighted by Gasteiger charge is 2.14. The second-order valence-electron chi connectivity index (χ2n) is 3.02. The minimum atomic E-state index is -0.0709. The molecule has 0 unspecified atom stereocenters. The highest BCUT2D eigenvalue weighted by atomic mass is 79.9. The Hall–Kier alpha value is -1.28. The third-order valence-electron chi connectivity index (χ3n) is 2.04. The zero-order chi connectivity index (χ0) is 11.3. The second-order valence-corrected chi connectivity index (χ2v) is 3.94. The van der Waals surface area contributed by atoms with E-state index in [2.05, 4.69) is 20.9 Å². The molecule has 1 amide bonds. The van der Waals surface area contributed by atoms with Crippen LogP contribution in [-0.2, 0) is 0 Å². The van der Waals surface area contributed by atoms with E-state index in [9.17, 15) is 4.79 Å². The lowest BCUT2D eigenvalue weighted by atomic mass is 10.3. The smallest absolute Gasteiger partial charge is 0.270 e. The van der Waals surface area contributed by atoms with Gasteiger partial charge in [-0.05, 0) is 28.9 Å². The molecule has 5 heteroatoms. The van der Waals surface area contributed by atoms with Crippen LogP contribution in [0.5, 0.6) is 0 Å². The first-order valence-corrected chi connectivity index (χ1v) is 5.48. The molecule has 1 rings (SSSR count). The van der Waals surface area contributed by atoms with Crippen LogP contribution in [0.3, 0.4) is 0 Å². The normalized spacial score (nSPS) is 9.67. The van der Waals surface area contributed by atoms with Crippen LogP contribution < -0.4 is 0 Å². The van der Waals surface area contributed by atoms with Crippen molar-refractivity contribution in [3.8, 4) is 6.07 Å². The monoisotopic (exact) mass is 269 g/mol. The second kappa shape index (κ2) is 5.56. The fourth-order valence-corrected chi connectivity index (χ4v) is 1.59. The molecule has 80 valence electrons. The third kappa shape index (κ3) is 3.10. The number of H-pyrrole nitrogens is 1. The summed E-state index contributed by atoms with van der Waals surface area (Å²) < 4.78 is 0.849. The Kier molecular flexibility index (Phi) is 4.37. The van der Waals surface area contributed by atoms with E-state index in [1.807, 2.05) is 13.0 Å². The van der Waals surface area contributed by atoms with Gasteiger partial charge in [-0.3, -0.25) is 4.79 Å². The first kappa shape index (κ1) is 11.8. The van der Waals surface area contributed by atoms with Gasteiger partial charge >= 0.3 is 0 Å². The average Bonchev–Trinajstić information content (AvgIpc) is 2.65. The quantitative estimate of drug-likeness (QED) is 0.911. The van der Waals surface area contributed by atoms with Gasteiger partial charge in [-0.25, -0.2) is 0 Å². The Morgan fingerprint density at radius 1 is 1.73 bits per heavy atom. The first-order chi connectivity index (χ1) is 7.19. The molecule has 0 aliphatic heterocycles. The number of aromatic amines is 1. The lowest BCUT2D eigenvalue weighted by Gasteiger charge is -2.18. The minimum Gasteiger partial charge on any atom is -0.356 e. The highest BCUT2D eigenvalue weighted by molar-refractivity contribution is 9.10. The number of rotatable bonds is 4. The summed E-state index contributed by atoms with van der Waals surface area (Å²) in [5.41, 5.74) is 0.543. The van der Waals surface area contributed by atoms with Crippen LogP contribution in [-0.4, -0.2) is 28.9 Å². The van der Waals surface area contributed by atoms with Crippen molar-refractivity contribution >= 4 is 21.8 Å². The summed E-state index contributed by atoms with van der Waals surface area (Å²) in [5, 5.41) is 8.46. The standard InChI is InChI=1S/C10H12BrN3O/c1-2-14(5-3-4-12)10(15)9-6-8(11)7-13-9/h6-7,13H,2-3,5H2,1H3. The Morgan fingerprint density at radius 3 is 2.93 bits per heavy atom. The molecule has 1 N–H and O–H groups in total. The molecule has 0 spiro atoms. The third-order valence-corrected chi connectivity index (χ3v) is 2.50. The molecule has 0 atom stereocenters. The number of nitrogens with one attached hydrogen (secondary N) is 1. The SMILES string of the molecule is CCN(CCC#N)C(=O)c1cc(Br)c[nH]1. The van der Waals surface area contributed by atoms with Gasteiger partial charge in [0.1, 0.15) is 5.69 Å². The van der Waals surface area contributed by atoms with Gasteiger partial charge in [0.15, 0.2) is 0 Å². The number of halogens is 1. The van der Waals surface area contributed by atoms with E-state index in [-0.39, 0.29) is 5.91 Å². The Balaban J connectivity index is 2.69. The van der Waals surface area contributed by atoms with E-state index in [0.29, 0.717) is 25.2 Å². The molecule has 0 fully saturated rings. The van der Waals surface area contributed by atoms with E-state index in [1.165, 1.54) is 0 Å². The van der Waals surface area contributed by atoms with E-state index < -0.39 is 0 Å². The largest absolute Gasteiger partial charge is 0.356 e. The van der Waals surface area contributed by atoms with Gasteiger partial charge in [0.05, 0.1) is 12.5 Å². The molecule has 0 aromatic carbocycles. The number of carbonyl (C=O) groups excluding carboxylic acids is 1. The first-order valence-electron chi connectivity index (χ1n) is 4.69. The number of amides is 1. The Morgan fingerprint density at radius 2 is 2.47 bits per heavy atom. The van der Waals surface area contributed by atoms with Crippen molar-refractivity contribution in [1.29, 1.82) is 5.26 Å². The fraction of sp³-hybridized carbons (Fsp3) is 0.400. The molecule has 15 heavy (non-hydrogen) atoms. The van der Waals surface area contributed by atoms with E-state index in [4.69, 9.17) is 5.26 Å². The predicted octanol–water partition coefficient (Wildman–Crippen LogP) is 2.15. The lowest BCUT2D eigenvalue weighted by Crippen LogP contribution is -2.31. The Bertz CT molecular complexity index is 380. The van der Waals surface area contributed by atoms with Crippen LogP contribution in [0.25, 0.3) is 0 Å². The van der Waals surface area contributed by atoms with Crippen molar-refractivity contribution in [2.24, 2.45) is 0 Å². The lowest BCUT2D eigenvalue weighted by molar-refractivity contribution is 0.0762. The van der Waals surface area contributed by atoms with Gasteiger partial charge < -0.3 is 9.88 Å². The van der Waals surface area contributed by atoms with E-state index >= 15 is 0 Å². The molecule has 0 aliphatic carbocycles. The maximum absolute atomic E-state index is 11.9. The molecule has 1 aromatic heterocycles. The Labute approximate surface area is 97.0 Å². The molecular weight excluding hydrogens is 258 g/mol. The van der Waals surface area contributed by atoms with Gasteiger partial charge in [0, 0.05) is 23.8 Å². The van der Waals surface area contributed by atoms with Crippen LogP contribution >= 0.6 is 15.9 Å². The van der Waals surface area contributed by atoms with Crippen molar-refractivity contribution in [3.63, 3.8) is 0 Å². The molecule has 0 radical (unpaired) electrons. The molecule has 1 heterocycles. The van der Waals surface area contributed by atoms with Gasteiger partial charge in [0.2, 0.25) is 0 Å². The van der Waals surface area contributed by atoms with Crippen molar-refractivity contribution in [2.45, 2.75) is 13.3 Å². The predicted molar refractivity (Wildman–Crippen MR) is 60.3 cm³/mol. The van der Waals surface area contributed by atoms with Crippen LogP contribution in [0.2, 0.25) is 0 Å². The summed E-state index contributed by atoms with van der Waals surface area (Å²) in [5.74, 6) is -0.0709. The molecule has 0 bridgehead atoms. The fourth-order valence-electron chi connectivity index (χ4n) is 1.25. The maximum atomic E-state index is 11.9. The zero-order valence-electron chi connectivity index (χ0n) is 8.46. The van der Waals surface area contributed by atoms with Crippen molar-refractivity contribution in [1.82, 2.24) is 9.88 Å². The van der Waals surface area contributed by atoms with Crippen molar-refractivity contribution in [3.05, 3.63) is 22.4 Å². The number of hydrogen-bond donors (Lipinski definition) is 1. The van der Waals surface area contributed by atoms with Crippen LogP contribution in [0.4, 0.5) is 0 Å². The number of carbonyl (C=O) groups is 1. The number of nitrogens with zero attached hydrogens (tertiary/aromatic N) is 2. The average molecular weight is 270 g/mol. The van der Waals surface area contributed by atoms with E-state index in [1.54, 1.807) is 17.2 Å². The van der Waals surface area contributed by atoms with Crippen LogP contribution in [0.15, 0.2) is 16.7 Å². The molecule has 0 saturated carbocycles. The molecule has 0 aliphatic rings. The summed E-state index contributed by atoms with van der Waals surface area (Å²) in [6, 6.07) is 3.76. The minimum absolute atomic E-state index is 0.0709. The molecule has 1 aromatic rings. The van der Waals surface area contributed by atoms with Gasteiger partial charge in [0.25, 0.3) is 5.91 Å². The van der Waals surface area contributed by atoms with Crippen LogP contribution in [0.1, 0.15) is 23.8 Å². The summed E-state index contributed by atoms with van der Waals surface area (Å²) in [6.07, 6.45) is 2.08. The summed E-state index contributed by atoms with van der Waals surface area (Å²) >= 11 is 3.27. The molecule has 0 saturated heterocycles. The van der Waals surface area contributed by atoms with Gasteiger partial charge in [-0.15, -0.1) is 0 Å². The van der Waals surface area contributed by atoms with Crippen molar-refractivity contribution in [2.75, 3.05) is 13.1 Å². The van der Waals surface area contributed by atoms with Crippen LogP contribution in [0, 0.1) is 11.3 Å². The highest BCUT2D eigenvalue weighted by Crippen LogP contribution is 2.12. The molecule has 4 nitrogen and oxygen atoms in total. The number of aromatic nitrogens is 1. The summed E-state index contributed by atoms with van der Waals surface area (Å²) in [6.45, 7) is 2.98. The van der Waals surface area contributed by atoms with E-state index in [0.717, 1.165) is 4.47 Å². The molecular formula is C10H12BrN3O. The summed E-state index contributed by atoms with van der Waals surface area (Å²) in [7, 11) is 0. The topological polar surface area (TPSA) is 59.9 Å².